The first-order valence-electron chi connectivity index (χ1n) is 5.52. The Balaban J connectivity index is 1.99. The summed E-state index contributed by atoms with van der Waals surface area (Å²) in [5, 5.41) is 12.0. The molecule has 5 nitrogen and oxygen atoms in total. The molecule has 0 spiro atoms. The number of hydrogen-bond acceptors (Lipinski definition) is 4. The first-order chi connectivity index (χ1) is 7.65. The van der Waals surface area contributed by atoms with Crippen LogP contribution in [-0.4, -0.2) is 28.6 Å². The maximum absolute atomic E-state index is 10.6. The van der Waals surface area contributed by atoms with Gasteiger partial charge in [0.1, 0.15) is 5.76 Å². The van der Waals surface area contributed by atoms with Crippen LogP contribution >= 0.6 is 0 Å². The molecule has 1 aromatic rings. The number of carboxylic acid groups (broad SMARTS) is 1. The number of piperidine rings is 1. The highest BCUT2D eigenvalue weighted by molar-refractivity contribution is 5.67. The molecule has 1 aromatic heterocycles. The molecule has 2 N–H and O–H groups in total. The summed E-state index contributed by atoms with van der Waals surface area (Å²) in [6, 6.07) is 0.0432. The molecule has 0 radical (unpaired) electrons. The van der Waals surface area contributed by atoms with Gasteiger partial charge in [0.15, 0.2) is 5.89 Å². The molecule has 0 aromatic carbocycles. The fourth-order valence-electron chi connectivity index (χ4n) is 2.20. The fourth-order valence-corrected chi connectivity index (χ4v) is 2.20. The molecule has 2 heterocycles. The van der Waals surface area contributed by atoms with E-state index in [4.69, 9.17) is 9.52 Å². The highest BCUT2D eigenvalue weighted by atomic mass is 16.4. The summed E-state index contributed by atoms with van der Waals surface area (Å²) in [6.07, 6.45) is 3.71. The van der Waals surface area contributed by atoms with E-state index in [0.29, 0.717) is 11.8 Å². The zero-order valence-electron chi connectivity index (χ0n) is 9.27. The fraction of sp³-hybridized carbons (Fsp3) is 0.636. The van der Waals surface area contributed by atoms with Gasteiger partial charge in [-0.1, -0.05) is 0 Å². The number of carboxylic acids is 1. The van der Waals surface area contributed by atoms with Crippen molar-refractivity contribution in [1.29, 1.82) is 0 Å². The number of rotatable bonds is 3. The van der Waals surface area contributed by atoms with Crippen molar-refractivity contribution in [3.8, 4) is 0 Å². The van der Waals surface area contributed by atoms with Gasteiger partial charge in [-0.3, -0.25) is 4.79 Å². The van der Waals surface area contributed by atoms with Crippen LogP contribution in [0.3, 0.4) is 0 Å². The van der Waals surface area contributed by atoms with Crippen LogP contribution in [0.1, 0.15) is 36.8 Å². The first-order valence-corrected chi connectivity index (χ1v) is 5.52. The Morgan fingerprint density at radius 2 is 2.56 bits per heavy atom. The quantitative estimate of drug-likeness (QED) is 0.809. The van der Waals surface area contributed by atoms with Gasteiger partial charge in [0.25, 0.3) is 0 Å². The van der Waals surface area contributed by atoms with Gasteiger partial charge < -0.3 is 14.8 Å². The summed E-state index contributed by atoms with van der Waals surface area (Å²) in [5.74, 6) is 1.09. The van der Waals surface area contributed by atoms with Crippen molar-refractivity contribution in [3.63, 3.8) is 0 Å². The van der Waals surface area contributed by atoms with Crippen molar-refractivity contribution in [3.05, 3.63) is 17.8 Å². The predicted molar refractivity (Wildman–Crippen MR) is 57.3 cm³/mol. The third kappa shape index (κ3) is 2.61. The third-order valence-corrected chi connectivity index (χ3v) is 2.96. The van der Waals surface area contributed by atoms with Crippen LogP contribution in [0.2, 0.25) is 0 Å². The van der Waals surface area contributed by atoms with E-state index in [-0.39, 0.29) is 12.5 Å². The lowest BCUT2D eigenvalue weighted by Crippen LogP contribution is -2.38. The van der Waals surface area contributed by atoms with Crippen molar-refractivity contribution < 1.29 is 14.3 Å². The van der Waals surface area contributed by atoms with Crippen LogP contribution in [-0.2, 0) is 4.79 Å². The number of hydrogen-bond donors (Lipinski definition) is 2. The molecular formula is C11H16N2O3. The van der Waals surface area contributed by atoms with E-state index in [9.17, 15) is 4.79 Å². The highest BCUT2D eigenvalue weighted by Crippen LogP contribution is 2.28. The molecule has 1 aliphatic rings. The van der Waals surface area contributed by atoms with E-state index in [0.717, 1.165) is 25.1 Å². The number of aromatic nitrogens is 1. The molecule has 1 fully saturated rings. The minimum Gasteiger partial charge on any atom is -0.481 e. The molecule has 88 valence electrons. The molecule has 1 aliphatic heterocycles. The van der Waals surface area contributed by atoms with E-state index in [2.05, 4.69) is 10.3 Å². The van der Waals surface area contributed by atoms with Gasteiger partial charge in [0, 0.05) is 18.9 Å². The largest absolute Gasteiger partial charge is 0.481 e. The van der Waals surface area contributed by atoms with Gasteiger partial charge in [0.2, 0.25) is 0 Å². The Morgan fingerprint density at radius 3 is 3.19 bits per heavy atom. The Labute approximate surface area is 93.9 Å². The molecule has 1 saturated heterocycles. The Morgan fingerprint density at radius 1 is 1.75 bits per heavy atom. The molecule has 2 atom stereocenters. The van der Waals surface area contributed by atoms with Crippen molar-refractivity contribution >= 4 is 5.97 Å². The van der Waals surface area contributed by atoms with Crippen LogP contribution in [0.4, 0.5) is 0 Å². The van der Waals surface area contributed by atoms with E-state index >= 15 is 0 Å². The van der Waals surface area contributed by atoms with Gasteiger partial charge >= 0.3 is 5.97 Å². The van der Waals surface area contributed by atoms with Crippen molar-refractivity contribution in [2.24, 2.45) is 0 Å². The van der Waals surface area contributed by atoms with Gasteiger partial charge in [-0.05, 0) is 19.4 Å². The zero-order valence-corrected chi connectivity index (χ0v) is 9.27. The number of aliphatic carboxylic acids is 1. The summed E-state index contributed by atoms with van der Waals surface area (Å²) < 4.78 is 5.49. The molecule has 2 unspecified atom stereocenters. The van der Waals surface area contributed by atoms with Gasteiger partial charge in [0.05, 0.1) is 12.6 Å². The topological polar surface area (TPSA) is 75.4 Å². The maximum atomic E-state index is 10.6. The van der Waals surface area contributed by atoms with Gasteiger partial charge in [-0.2, -0.15) is 0 Å². The molecular weight excluding hydrogens is 208 g/mol. The van der Waals surface area contributed by atoms with Crippen molar-refractivity contribution in [1.82, 2.24) is 10.3 Å². The average Bonchev–Trinajstić information content (AvgIpc) is 2.64. The van der Waals surface area contributed by atoms with Crippen molar-refractivity contribution in [2.45, 2.75) is 38.1 Å². The zero-order chi connectivity index (χ0) is 11.5. The lowest BCUT2D eigenvalue weighted by molar-refractivity contribution is -0.137. The molecule has 0 aliphatic carbocycles. The highest BCUT2D eigenvalue weighted by Gasteiger charge is 2.26. The lowest BCUT2D eigenvalue weighted by Gasteiger charge is -2.27. The smallest absolute Gasteiger partial charge is 0.304 e. The second-order valence-corrected chi connectivity index (χ2v) is 4.25. The average molecular weight is 224 g/mol. The Kier molecular flexibility index (Phi) is 3.24. The number of nitrogens with zero attached hydrogens (tertiary/aromatic N) is 1. The molecule has 0 saturated carbocycles. The third-order valence-electron chi connectivity index (χ3n) is 2.96. The van der Waals surface area contributed by atoms with E-state index in [1.165, 1.54) is 0 Å². The van der Waals surface area contributed by atoms with Crippen LogP contribution in [0, 0.1) is 6.92 Å². The van der Waals surface area contributed by atoms with Crippen LogP contribution in [0.5, 0.6) is 0 Å². The number of nitrogens with one attached hydrogen (secondary N) is 1. The lowest BCUT2D eigenvalue weighted by atomic mass is 9.89. The Hall–Kier alpha value is -1.36. The van der Waals surface area contributed by atoms with Crippen LogP contribution in [0.25, 0.3) is 0 Å². The summed E-state index contributed by atoms with van der Waals surface area (Å²) in [4.78, 5) is 14.7. The standard InChI is InChI=1S/C11H16N2O3/c1-7-13-6-10(16-7)8-2-3-12-9(4-8)5-11(14)15/h6,8-9,12H,2-5H2,1H3,(H,14,15). The summed E-state index contributed by atoms with van der Waals surface area (Å²) in [5.41, 5.74) is 0. The van der Waals surface area contributed by atoms with Crippen LogP contribution < -0.4 is 5.32 Å². The summed E-state index contributed by atoms with van der Waals surface area (Å²) >= 11 is 0. The van der Waals surface area contributed by atoms with Gasteiger partial charge in [-0.15, -0.1) is 0 Å². The minimum absolute atomic E-state index is 0.0432. The monoisotopic (exact) mass is 224 g/mol. The number of carbonyl (C=O) groups is 1. The normalized spacial score (nSPS) is 25.6. The maximum Gasteiger partial charge on any atom is 0.304 e. The molecule has 2 rings (SSSR count). The summed E-state index contributed by atoms with van der Waals surface area (Å²) in [6.45, 7) is 2.65. The van der Waals surface area contributed by atoms with Crippen LogP contribution in [0.15, 0.2) is 10.6 Å². The summed E-state index contributed by atoms with van der Waals surface area (Å²) in [7, 11) is 0. The molecule has 5 heteroatoms. The van der Waals surface area contributed by atoms with E-state index in [1.807, 2.05) is 6.92 Å². The van der Waals surface area contributed by atoms with E-state index in [1.54, 1.807) is 6.20 Å². The minimum atomic E-state index is -0.757. The molecule has 16 heavy (non-hydrogen) atoms. The second kappa shape index (κ2) is 4.65. The van der Waals surface area contributed by atoms with E-state index < -0.39 is 5.97 Å². The first kappa shape index (κ1) is 11.1. The Bertz CT molecular complexity index is 375. The van der Waals surface area contributed by atoms with Crippen molar-refractivity contribution in [2.75, 3.05) is 6.54 Å². The predicted octanol–water partition coefficient (Wildman–Crippen LogP) is 1.29. The SMILES string of the molecule is Cc1ncc(C2CCNC(CC(=O)O)C2)o1. The number of aryl methyl sites for hydroxylation is 1. The second-order valence-electron chi connectivity index (χ2n) is 4.25. The molecule has 0 amide bonds. The number of oxazole rings is 1. The molecule has 0 bridgehead atoms. The van der Waals surface area contributed by atoms with Gasteiger partial charge in [-0.25, -0.2) is 4.98 Å².